The van der Waals surface area contributed by atoms with E-state index in [0.717, 1.165) is 0 Å². The van der Waals surface area contributed by atoms with Crippen LogP contribution in [0, 0.1) is 5.92 Å². The van der Waals surface area contributed by atoms with E-state index in [1.807, 2.05) is 0 Å². The van der Waals surface area contributed by atoms with Gasteiger partial charge in [0.05, 0.1) is 13.2 Å². The predicted molar refractivity (Wildman–Crippen MR) is 41.4 cm³/mol. The van der Waals surface area contributed by atoms with Crippen molar-refractivity contribution in [2.75, 3.05) is 13.2 Å². The molecule has 0 N–H and O–H groups in total. The first-order valence-electron chi connectivity index (χ1n) is 3.73. The lowest BCUT2D eigenvalue weighted by atomic mass is 9.80. The molecule has 4 heteroatoms. The highest BCUT2D eigenvalue weighted by molar-refractivity contribution is 7.96. The van der Waals surface area contributed by atoms with E-state index in [-0.39, 0.29) is 11.0 Å². The number of rotatable bonds is 1. The van der Waals surface area contributed by atoms with Crippen LogP contribution in [0.4, 0.5) is 0 Å². The highest BCUT2D eigenvalue weighted by Gasteiger charge is 2.51. The average molecular weight is 174 g/mol. The monoisotopic (exact) mass is 174 g/mol. The third-order valence-electron chi connectivity index (χ3n) is 2.28. The Hall–Kier alpha value is -0.0600. The second-order valence-corrected chi connectivity index (χ2v) is 3.49. The van der Waals surface area contributed by atoms with Crippen molar-refractivity contribution in [2.45, 2.75) is 18.6 Å². The second-order valence-electron chi connectivity index (χ2n) is 3.05. The molecular weight excluding hydrogens is 164 g/mol. The van der Waals surface area contributed by atoms with Crippen LogP contribution in [0.5, 0.6) is 0 Å². The minimum Gasteiger partial charge on any atom is -0.347 e. The zero-order chi connectivity index (χ0) is 7.90. The summed E-state index contributed by atoms with van der Waals surface area (Å²) < 4.78 is 10.7. The van der Waals surface area contributed by atoms with Gasteiger partial charge in [0.1, 0.15) is 0 Å². The molecule has 11 heavy (non-hydrogen) atoms. The van der Waals surface area contributed by atoms with Crippen LogP contribution in [0.3, 0.4) is 0 Å². The summed E-state index contributed by atoms with van der Waals surface area (Å²) >= 11 is 3.75. The highest BCUT2D eigenvalue weighted by Crippen LogP contribution is 2.44. The fourth-order valence-electron chi connectivity index (χ4n) is 1.60. The Balaban J connectivity index is 1.91. The van der Waals surface area contributed by atoms with Crippen LogP contribution < -0.4 is 0 Å². The van der Waals surface area contributed by atoms with E-state index in [4.69, 9.17) is 9.47 Å². The molecule has 0 aromatic rings. The molecule has 1 heterocycles. The Bertz CT molecular complexity index is 178. The van der Waals surface area contributed by atoms with Crippen LogP contribution in [-0.4, -0.2) is 24.1 Å². The second kappa shape index (κ2) is 2.47. The average Bonchev–Trinajstić information content (AvgIpc) is 2.29. The van der Waals surface area contributed by atoms with E-state index in [2.05, 4.69) is 12.6 Å². The minimum atomic E-state index is -0.400. The Kier molecular flexibility index (Phi) is 1.70. The van der Waals surface area contributed by atoms with Crippen LogP contribution >= 0.6 is 12.6 Å². The largest absolute Gasteiger partial charge is 0.347 e. The molecule has 1 saturated carbocycles. The maximum atomic E-state index is 10.7. The van der Waals surface area contributed by atoms with Crippen molar-refractivity contribution >= 4 is 17.7 Å². The van der Waals surface area contributed by atoms with E-state index < -0.39 is 5.79 Å². The van der Waals surface area contributed by atoms with Gasteiger partial charge < -0.3 is 9.47 Å². The van der Waals surface area contributed by atoms with Crippen molar-refractivity contribution in [1.82, 2.24) is 0 Å². The third kappa shape index (κ3) is 1.19. The highest BCUT2D eigenvalue weighted by atomic mass is 32.1. The number of carbonyl (C=O) groups excluding carboxylic acids is 1. The summed E-state index contributed by atoms with van der Waals surface area (Å²) in [6, 6.07) is 0. The van der Waals surface area contributed by atoms with E-state index in [1.54, 1.807) is 0 Å². The van der Waals surface area contributed by atoms with Crippen molar-refractivity contribution < 1.29 is 14.3 Å². The molecular formula is C7H10O3S. The van der Waals surface area contributed by atoms with Gasteiger partial charge in [-0.05, 0) is 0 Å². The summed E-state index contributed by atoms with van der Waals surface area (Å²) in [6.45, 7) is 1.32. The summed E-state index contributed by atoms with van der Waals surface area (Å²) in [6.07, 6.45) is 1.38. The van der Waals surface area contributed by atoms with Crippen molar-refractivity contribution in [3.8, 4) is 0 Å². The lowest BCUT2D eigenvalue weighted by Gasteiger charge is -2.41. The Morgan fingerprint density at radius 1 is 1.36 bits per heavy atom. The molecule has 0 aromatic carbocycles. The Morgan fingerprint density at radius 3 is 2.36 bits per heavy atom. The van der Waals surface area contributed by atoms with E-state index >= 15 is 0 Å². The van der Waals surface area contributed by atoms with Crippen LogP contribution in [0.15, 0.2) is 0 Å². The number of hydrogen-bond donors (Lipinski definition) is 1. The summed E-state index contributed by atoms with van der Waals surface area (Å²) in [7, 11) is 0. The minimum absolute atomic E-state index is 0.0466. The van der Waals surface area contributed by atoms with Gasteiger partial charge in [-0.25, -0.2) is 0 Å². The fraction of sp³-hybridized carbons (Fsp3) is 0.857. The number of ether oxygens (including phenoxy) is 2. The van der Waals surface area contributed by atoms with Crippen LogP contribution in [-0.2, 0) is 14.3 Å². The van der Waals surface area contributed by atoms with Gasteiger partial charge in [-0.3, -0.25) is 4.79 Å². The molecule has 1 saturated heterocycles. The van der Waals surface area contributed by atoms with Gasteiger partial charge in [-0.1, -0.05) is 0 Å². The molecule has 2 aliphatic rings. The van der Waals surface area contributed by atoms with E-state index in [0.29, 0.717) is 26.1 Å². The molecule has 0 amide bonds. The zero-order valence-electron chi connectivity index (χ0n) is 6.08. The van der Waals surface area contributed by atoms with E-state index in [1.165, 1.54) is 0 Å². The first kappa shape index (κ1) is 7.58. The van der Waals surface area contributed by atoms with Gasteiger partial charge >= 0.3 is 0 Å². The van der Waals surface area contributed by atoms with Crippen LogP contribution in [0.25, 0.3) is 0 Å². The van der Waals surface area contributed by atoms with Gasteiger partial charge in [-0.2, -0.15) is 0 Å². The van der Waals surface area contributed by atoms with Gasteiger partial charge in [0, 0.05) is 18.8 Å². The van der Waals surface area contributed by atoms with Crippen molar-refractivity contribution in [2.24, 2.45) is 5.92 Å². The molecule has 2 fully saturated rings. The standard InChI is InChI=1S/C7H10O3S/c8-6(11)5-3-7(4-5)9-1-2-10-7/h5H,1-4H2,(H,8,11). The first-order valence-corrected chi connectivity index (χ1v) is 4.17. The lowest BCUT2D eigenvalue weighted by Crippen LogP contribution is -2.46. The van der Waals surface area contributed by atoms with Crippen LogP contribution in [0.1, 0.15) is 12.8 Å². The van der Waals surface area contributed by atoms with Crippen LogP contribution in [0.2, 0.25) is 0 Å². The molecule has 0 unspecified atom stereocenters. The Morgan fingerprint density at radius 2 is 1.91 bits per heavy atom. The van der Waals surface area contributed by atoms with Gasteiger partial charge in [0.15, 0.2) is 10.9 Å². The molecule has 0 atom stereocenters. The molecule has 1 spiro atoms. The maximum absolute atomic E-state index is 10.7. The maximum Gasteiger partial charge on any atom is 0.189 e. The van der Waals surface area contributed by atoms with Gasteiger partial charge in [0.2, 0.25) is 0 Å². The van der Waals surface area contributed by atoms with Gasteiger partial charge in [-0.15, -0.1) is 12.6 Å². The molecule has 0 bridgehead atoms. The quantitative estimate of drug-likeness (QED) is 0.591. The third-order valence-corrected chi connectivity index (χ3v) is 2.64. The van der Waals surface area contributed by atoms with Crippen molar-refractivity contribution in [3.63, 3.8) is 0 Å². The zero-order valence-corrected chi connectivity index (χ0v) is 6.97. The first-order chi connectivity index (χ1) is 5.22. The van der Waals surface area contributed by atoms with E-state index in [9.17, 15) is 4.79 Å². The van der Waals surface area contributed by atoms with Crippen molar-refractivity contribution in [1.29, 1.82) is 0 Å². The normalized spacial score (nSPS) is 28.8. The molecule has 1 aliphatic heterocycles. The molecule has 2 rings (SSSR count). The topological polar surface area (TPSA) is 35.5 Å². The molecule has 3 nitrogen and oxygen atoms in total. The number of hydrogen-bond acceptors (Lipinski definition) is 3. The molecule has 62 valence electrons. The SMILES string of the molecule is O=C(S)C1CC2(C1)OCCO2. The Labute approximate surface area is 70.5 Å². The lowest BCUT2D eigenvalue weighted by molar-refractivity contribution is -0.226. The van der Waals surface area contributed by atoms with Gasteiger partial charge in [0.25, 0.3) is 0 Å². The number of thiol groups is 1. The summed E-state index contributed by atoms with van der Waals surface area (Å²) in [5, 5.41) is -0.0466. The molecule has 1 aliphatic carbocycles. The smallest absolute Gasteiger partial charge is 0.189 e. The summed E-state index contributed by atoms with van der Waals surface area (Å²) in [5.74, 6) is -0.347. The fourth-order valence-corrected chi connectivity index (χ4v) is 1.78. The molecule has 0 radical (unpaired) electrons. The summed E-state index contributed by atoms with van der Waals surface area (Å²) in [5.41, 5.74) is 0. The number of carbonyl (C=O) groups is 1. The predicted octanol–water partition coefficient (Wildman–Crippen LogP) is 0.596. The van der Waals surface area contributed by atoms with Crippen molar-refractivity contribution in [3.05, 3.63) is 0 Å². The summed E-state index contributed by atoms with van der Waals surface area (Å²) in [4.78, 5) is 10.7. The molecule has 0 aromatic heterocycles.